The number of anilines is 1. The second-order valence-electron chi connectivity index (χ2n) is 3.62. The smallest absolute Gasteiger partial charge is 0.334 e. The second kappa shape index (κ2) is 5.87. The van der Waals surface area contributed by atoms with E-state index in [1.54, 1.807) is 0 Å². The Morgan fingerprint density at radius 2 is 1.89 bits per heavy atom. The fraction of sp³-hybridized carbons (Fsp3) is 0.273. The average molecular weight is 254 g/mol. The number of nitrogens with one attached hydrogen (secondary N) is 1. The van der Waals surface area contributed by atoms with Gasteiger partial charge in [0.25, 0.3) is 0 Å². The molecule has 0 saturated carbocycles. The number of rotatable bonds is 4. The van der Waals surface area contributed by atoms with Gasteiger partial charge in [0.1, 0.15) is 5.75 Å². The molecular formula is C11H14N2O5. The van der Waals surface area contributed by atoms with Crippen LogP contribution in [0.2, 0.25) is 0 Å². The highest BCUT2D eigenvalue weighted by molar-refractivity contribution is 5.91. The molecule has 1 aromatic carbocycles. The van der Waals surface area contributed by atoms with Gasteiger partial charge in [0.05, 0.1) is 6.54 Å². The molecule has 0 saturated heterocycles. The summed E-state index contributed by atoms with van der Waals surface area (Å²) in [5.74, 6) is -1.32. The maximum absolute atomic E-state index is 11.6. The monoisotopic (exact) mass is 254 g/mol. The minimum Gasteiger partial charge on any atom is -0.508 e. The number of benzene rings is 1. The Kier molecular flexibility index (Phi) is 4.50. The molecule has 7 nitrogen and oxygen atoms in total. The number of carbonyl (C=O) groups excluding carboxylic acids is 1. The van der Waals surface area contributed by atoms with Crippen molar-refractivity contribution in [3.63, 3.8) is 0 Å². The molecule has 1 aromatic rings. The fourth-order valence-electron chi connectivity index (χ4n) is 1.18. The quantitative estimate of drug-likeness (QED) is 0.603. The van der Waals surface area contributed by atoms with E-state index in [4.69, 9.17) is 15.3 Å². The van der Waals surface area contributed by atoms with Gasteiger partial charge in [0.2, 0.25) is 0 Å². The van der Waals surface area contributed by atoms with Crippen LogP contribution >= 0.6 is 0 Å². The average Bonchev–Trinajstić information content (AvgIpc) is 2.35. The van der Waals surface area contributed by atoms with Crippen LogP contribution in [0.4, 0.5) is 10.5 Å². The van der Waals surface area contributed by atoms with E-state index in [0.717, 1.165) is 0 Å². The van der Waals surface area contributed by atoms with Crippen LogP contribution in [-0.2, 0) is 4.79 Å². The van der Waals surface area contributed by atoms with Crippen LogP contribution in [0.15, 0.2) is 24.3 Å². The molecule has 0 aliphatic heterocycles. The number of phenolic OH excluding ortho intramolecular Hbond substituents is 1. The summed E-state index contributed by atoms with van der Waals surface area (Å²) in [6, 6.07) is 5.35. The number of amides is 2. The lowest BCUT2D eigenvalue weighted by Crippen LogP contribution is -2.43. The van der Waals surface area contributed by atoms with Crippen molar-refractivity contribution in [1.29, 1.82) is 0 Å². The van der Waals surface area contributed by atoms with Crippen molar-refractivity contribution in [3.05, 3.63) is 24.3 Å². The van der Waals surface area contributed by atoms with Gasteiger partial charge >= 0.3 is 12.0 Å². The van der Waals surface area contributed by atoms with Crippen molar-refractivity contribution >= 4 is 17.7 Å². The molecule has 7 heteroatoms. The van der Waals surface area contributed by atoms with E-state index in [1.165, 1.54) is 36.2 Å². The number of aliphatic carboxylic acids is 1. The van der Waals surface area contributed by atoms with E-state index in [9.17, 15) is 9.59 Å². The topological polar surface area (TPSA) is 110 Å². The Balaban J connectivity index is 2.56. The maximum atomic E-state index is 11.6. The first-order chi connectivity index (χ1) is 8.41. The first kappa shape index (κ1) is 13.8. The standard InChI is InChI=1S/C11H14N2O5/c1-13(7-2-4-8(14)5-3-7)11(18)12-6-9(15)10(16)17/h2-5,9,14-15H,6H2,1H3,(H,12,18)(H,16,17). The third kappa shape index (κ3) is 3.63. The van der Waals surface area contributed by atoms with Gasteiger partial charge in [-0.2, -0.15) is 0 Å². The van der Waals surface area contributed by atoms with Gasteiger partial charge in [0.15, 0.2) is 6.10 Å². The number of hydrogen-bond acceptors (Lipinski definition) is 4. The van der Waals surface area contributed by atoms with Crippen molar-refractivity contribution in [2.45, 2.75) is 6.10 Å². The largest absolute Gasteiger partial charge is 0.508 e. The summed E-state index contributed by atoms with van der Waals surface area (Å²) < 4.78 is 0. The summed E-state index contributed by atoms with van der Waals surface area (Å²) in [7, 11) is 1.48. The molecule has 0 aromatic heterocycles. The summed E-state index contributed by atoms with van der Waals surface area (Å²) in [4.78, 5) is 23.2. The van der Waals surface area contributed by atoms with Gasteiger partial charge in [-0.1, -0.05) is 0 Å². The normalized spacial score (nSPS) is 11.7. The van der Waals surface area contributed by atoms with E-state index in [2.05, 4.69) is 5.32 Å². The number of aliphatic hydroxyl groups is 1. The molecule has 0 bridgehead atoms. The number of carboxylic acids is 1. The highest BCUT2D eigenvalue weighted by atomic mass is 16.4. The van der Waals surface area contributed by atoms with Gasteiger partial charge in [-0.3, -0.25) is 4.90 Å². The van der Waals surface area contributed by atoms with Crippen LogP contribution in [0.3, 0.4) is 0 Å². The van der Waals surface area contributed by atoms with Crippen LogP contribution in [-0.4, -0.2) is 47.0 Å². The van der Waals surface area contributed by atoms with E-state index < -0.39 is 18.1 Å². The SMILES string of the molecule is CN(C(=O)NCC(O)C(=O)O)c1ccc(O)cc1. The third-order valence-electron chi connectivity index (χ3n) is 2.27. The number of aliphatic hydroxyl groups excluding tert-OH is 1. The summed E-state index contributed by atoms with van der Waals surface area (Å²) >= 11 is 0. The lowest BCUT2D eigenvalue weighted by Gasteiger charge is -2.18. The number of carbonyl (C=O) groups is 2. The van der Waals surface area contributed by atoms with E-state index in [0.29, 0.717) is 5.69 Å². The van der Waals surface area contributed by atoms with Crippen LogP contribution in [0, 0.1) is 0 Å². The molecule has 0 aliphatic carbocycles. The minimum atomic E-state index is -1.64. The molecule has 1 rings (SSSR count). The Morgan fingerprint density at radius 3 is 2.39 bits per heavy atom. The number of carboxylic acid groups (broad SMARTS) is 1. The van der Waals surface area contributed by atoms with Crippen molar-refractivity contribution in [2.75, 3.05) is 18.5 Å². The molecular weight excluding hydrogens is 240 g/mol. The lowest BCUT2D eigenvalue weighted by molar-refractivity contribution is -0.146. The molecule has 0 radical (unpaired) electrons. The number of nitrogens with zero attached hydrogens (tertiary/aromatic N) is 1. The highest BCUT2D eigenvalue weighted by Gasteiger charge is 2.16. The first-order valence-electron chi connectivity index (χ1n) is 5.13. The molecule has 98 valence electrons. The van der Waals surface area contributed by atoms with Crippen LogP contribution in [0.1, 0.15) is 0 Å². The summed E-state index contributed by atoms with van der Waals surface area (Å²) in [5, 5.41) is 28.8. The van der Waals surface area contributed by atoms with E-state index in [-0.39, 0.29) is 12.3 Å². The lowest BCUT2D eigenvalue weighted by atomic mass is 10.3. The molecule has 0 aliphatic rings. The van der Waals surface area contributed by atoms with Gasteiger partial charge in [0, 0.05) is 12.7 Å². The number of phenols is 1. The van der Waals surface area contributed by atoms with E-state index >= 15 is 0 Å². The Morgan fingerprint density at radius 1 is 1.33 bits per heavy atom. The molecule has 4 N–H and O–H groups in total. The number of urea groups is 1. The maximum Gasteiger partial charge on any atom is 0.334 e. The molecule has 0 spiro atoms. The molecule has 0 heterocycles. The summed E-state index contributed by atoms with van der Waals surface area (Å²) in [6.45, 7) is -0.378. The van der Waals surface area contributed by atoms with Crippen molar-refractivity contribution in [1.82, 2.24) is 5.32 Å². The highest BCUT2D eigenvalue weighted by Crippen LogP contribution is 2.16. The van der Waals surface area contributed by atoms with Crippen molar-refractivity contribution in [3.8, 4) is 5.75 Å². The number of hydrogen-bond donors (Lipinski definition) is 4. The Hall–Kier alpha value is -2.28. The van der Waals surface area contributed by atoms with Crippen LogP contribution in [0.25, 0.3) is 0 Å². The molecule has 18 heavy (non-hydrogen) atoms. The molecule has 0 fully saturated rings. The predicted molar refractivity (Wildman–Crippen MR) is 63.6 cm³/mol. The third-order valence-corrected chi connectivity index (χ3v) is 2.27. The van der Waals surface area contributed by atoms with Crippen molar-refractivity contribution < 1.29 is 24.9 Å². The van der Waals surface area contributed by atoms with E-state index in [1.807, 2.05) is 0 Å². The second-order valence-corrected chi connectivity index (χ2v) is 3.62. The zero-order valence-corrected chi connectivity index (χ0v) is 9.70. The van der Waals surface area contributed by atoms with Gasteiger partial charge in [-0.25, -0.2) is 9.59 Å². The van der Waals surface area contributed by atoms with Crippen LogP contribution < -0.4 is 10.2 Å². The van der Waals surface area contributed by atoms with Gasteiger partial charge < -0.3 is 20.6 Å². The molecule has 2 amide bonds. The predicted octanol–water partition coefficient (Wildman–Crippen LogP) is -0.0165. The zero-order chi connectivity index (χ0) is 13.7. The molecule has 1 unspecified atom stereocenters. The summed E-state index contributed by atoms with van der Waals surface area (Å²) in [6.07, 6.45) is -1.64. The first-order valence-corrected chi connectivity index (χ1v) is 5.13. The van der Waals surface area contributed by atoms with Gasteiger partial charge in [-0.15, -0.1) is 0 Å². The van der Waals surface area contributed by atoms with Gasteiger partial charge in [-0.05, 0) is 24.3 Å². The Labute approximate surface area is 103 Å². The van der Waals surface area contributed by atoms with Crippen LogP contribution in [0.5, 0.6) is 5.75 Å². The zero-order valence-electron chi connectivity index (χ0n) is 9.70. The summed E-state index contributed by atoms with van der Waals surface area (Å²) in [5.41, 5.74) is 0.523. The Bertz CT molecular complexity index is 432. The van der Waals surface area contributed by atoms with Crippen molar-refractivity contribution in [2.24, 2.45) is 0 Å². The fourth-order valence-corrected chi connectivity index (χ4v) is 1.18. The number of aromatic hydroxyl groups is 1. The minimum absolute atomic E-state index is 0.0776. The molecule has 1 atom stereocenters.